The second kappa shape index (κ2) is 7.04. The summed E-state index contributed by atoms with van der Waals surface area (Å²) in [7, 11) is -0.391. The molecule has 1 aliphatic rings. The SMILES string of the molecule is COc1ccc(OC)c([C@@H]2SCCN2S(=O)(=O)c2ccccc2)c1. The van der Waals surface area contributed by atoms with E-state index in [1.165, 1.54) is 4.31 Å². The minimum absolute atomic E-state index is 0.305. The van der Waals surface area contributed by atoms with Gasteiger partial charge in [0.15, 0.2) is 0 Å². The molecular formula is C17H19NO4S2. The number of hydrogen-bond donors (Lipinski definition) is 0. The number of thioether (sulfide) groups is 1. The molecule has 0 saturated carbocycles. The van der Waals surface area contributed by atoms with Gasteiger partial charge in [-0.3, -0.25) is 0 Å². The maximum atomic E-state index is 13.0. The Labute approximate surface area is 146 Å². The lowest BCUT2D eigenvalue weighted by Crippen LogP contribution is -2.30. The quantitative estimate of drug-likeness (QED) is 0.815. The maximum Gasteiger partial charge on any atom is 0.244 e. The van der Waals surface area contributed by atoms with Gasteiger partial charge in [-0.1, -0.05) is 18.2 Å². The largest absolute Gasteiger partial charge is 0.497 e. The van der Waals surface area contributed by atoms with E-state index in [1.807, 2.05) is 6.07 Å². The predicted molar refractivity (Wildman–Crippen MR) is 95.1 cm³/mol. The van der Waals surface area contributed by atoms with Crippen molar-refractivity contribution in [2.24, 2.45) is 0 Å². The summed E-state index contributed by atoms with van der Waals surface area (Å²) >= 11 is 1.59. The molecule has 1 heterocycles. The van der Waals surface area contributed by atoms with Gasteiger partial charge in [0.2, 0.25) is 10.0 Å². The van der Waals surface area contributed by atoms with Gasteiger partial charge in [0.1, 0.15) is 11.5 Å². The van der Waals surface area contributed by atoms with Gasteiger partial charge in [-0.05, 0) is 30.3 Å². The molecule has 0 aromatic heterocycles. The number of methoxy groups -OCH3 is 2. The van der Waals surface area contributed by atoms with Crippen molar-refractivity contribution in [1.29, 1.82) is 0 Å². The summed E-state index contributed by atoms with van der Waals surface area (Å²) in [5.74, 6) is 2.07. The first-order chi connectivity index (χ1) is 11.6. The van der Waals surface area contributed by atoms with Gasteiger partial charge >= 0.3 is 0 Å². The molecule has 128 valence electrons. The van der Waals surface area contributed by atoms with Crippen LogP contribution in [0.5, 0.6) is 11.5 Å². The molecule has 2 aromatic carbocycles. The molecule has 0 spiro atoms. The average Bonchev–Trinajstić information content (AvgIpc) is 3.12. The van der Waals surface area contributed by atoms with Crippen molar-refractivity contribution in [3.05, 3.63) is 54.1 Å². The Bertz CT molecular complexity index is 809. The van der Waals surface area contributed by atoms with Gasteiger partial charge in [-0.2, -0.15) is 4.31 Å². The fourth-order valence-corrected chi connectivity index (χ4v) is 5.97. The highest BCUT2D eigenvalue weighted by Crippen LogP contribution is 2.45. The lowest BCUT2D eigenvalue weighted by atomic mass is 10.2. The third-order valence-electron chi connectivity index (χ3n) is 3.90. The molecule has 1 aliphatic heterocycles. The van der Waals surface area contributed by atoms with E-state index in [0.717, 1.165) is 11.3 Å². The van der Waals surface area contributed by atoms with Crippen LogP contribution in [0.3, 0.4) is 0 Å². The Morgan fingerprint density at radius 3 is 2.50 bits per heavy atom. The van der Waals surface area contributed by atoms with Gasteiger partial charge in [-0.25, -0.2) is 8.42 Å². The molecule has 2 aromatic rings. The lowest BCUT2D eigenvalue weighted by Gasteiger charge is -2.25. The van der Waals surface area contributed by atoms with Crippen molar-refractivity contribution in [2.75, 3.05) is 26.5 Å². The summed E-state index contributed by atoms with van der Waals surface area (Å²) in [5, 5.41) is -0.333. The van der Waals surface area contributed by atoms with Crippen LogP contribution in [0.1, 0.15) is 10.9 Å². The van der Waals surface area contributed by atoms with Crippen molar-refractivity contribution in [2.45, 2.75) is 10.3 Å². The molecule has 0 N–H and O–H groups in total. The highest BCUT2D eigenvalue weighted by Gasteiger charge is 2.38. The first kappa shape index (κ1) is 17.1. The zero-order valence-electron chi connectivity index (χ0n) is 13.5. The van der Waals surface area contributed by atoms with Gasteiger partial charge < -0.3 is 9.47 Å². The Morgan fingerprint density at radius 1 is 1.08 bits per heavy atom. The third-order valence-corrected chi connectivity index (χ3v) is 7.16. The van der Waals surface area contributed by atoms with Crippen LogP contribution in [0.2, 0.25) is 0 Å². The fraction of sp³-hybridized carbons (Fsp3) is 0.294. The van der Waals surface area contributed by atoms with E-state index in [2.05, 4.69) is 0 Å². The summed E-state index contributed by atoms with van der Waals surface area (Å²) in [5.41, 5.74) is 0.804. The van der Waals surface area contributed by atoms with Crippen molar-refractivity contribution in [3.63, 3.8) is 0 Å². The monoisotopic (exact) mass is 365 g/mol. The number of benzene rings is 2. The normalized spacial score (nSPS) is 18.5. The molecule has 3 rings (SSSR count). The van der Waals surface area contributed by atoms with E-state index in [9.17, 15) is 8.42 Å². The summed E-state index contributed by atoms with van der Waals surface area (Å²) < 4.78 is 38.3. The van der Waals surface area contributed by atoms with Crippen LogP contribution < -0.4 is 9.47 Å². The molecule has 7 heteroatoms. The summed E-state index contributed by atoms with van der Waals surface area (Å²) in [4.78, 5) is 0.305. The molecule has 1 saturated heterocycles. The minimum atomic E-state index is -3.56. The second-order valence-electron chi connectivity index (χ2n) is 5.26. The van der Waals surface area contributed by atoms with Crippen LogP contribution >= 0.6 is 11.8 Å². The Kier molecular flexibility index (Phi) is 5.03. The molecular weight excluding hydrogens is 346 g/mol. The fourth-order valence-electron chi connectivity index (χ4n) is 2.71. The molecule has 0 amide bonds. The maximum absolute atomic E-state index is 13.0. The van der Waals surface area contributed by atoms with E-state index in [4.69, 9.17) is 9.47 Å². The summed E-state index contributed by atoms with van der Waals surface area (Å²) in [6.07, 6.45) is 0. The smallest absolute Gasteiger partial charge is 0.244 e. The number of ether oxygens (including phenoxy) is 2. The van der Waals surface area contributed by atoms with E-state index in [0.29, 0.717) is 22.9 Å². The van der Waals surface area contributed by atoms with Gasteiger partial charge in [0.25, 0.3) is 0 Å². The predicted octanol–water partition coefficient (Wildman–Crippen LogP) is 3.14. The Balaban J connectivity index is 2.03. The lowest BCUT2D eigenvalue weighted by molar-refractivity contribution is 0.382. The van der Waals surface area contributed by atoms with Gasteiger partial charge in [-0.15, -0.1) is 11.8 Å². The van der Waals surface area contributed by atoms with E-state index < -0.39 is 10.0 Å². The van der Waals surface area contributed by atoms with Crippen LogP contribution in [0.4, 0.5) is 0 Å². The van der Waals surface area contributed by atoms with Crippen LogP contribution in [-0.4, -0.2) is 39.2 Å². The van der Waals surface area contributed by atoms with Crippen LogP contribution in [0, 0.1) is 0 Å². The van der Waals surface area contributed by atoms with E-state index in [1.54, 1.807) is 68.4 Å². The van der Waals surface area contributed by atoms with Gasteiger partial charge in [0.05, 0.1) is 24.5 Å². The molecule has 1 atom stereocenters. The van der Waals surface area contributed by atoms with Gasteiger partial charge in [0, 0.05) is 17.9 Å². The van der Waals surface area contributed by atoms with Crippen molar-refractivity contribution in [3.8, 4) is 11.5 Å². The first-order valence-electron chi connectivity index (χ1n) is 7.48. The zero-order valence-corrected chi connectivity index (χ0v) is 15.1. The third kappa shape index (κ3) is 3.11. The van der Waals surface area contributed by atoms with Crippen LogP contribution in [0.25, 0.3) is 0 Å². The highest BCUT2D eigenvalue weighted by atomic mass is 32.2. The summed E-state index contributed by atoms with van der Waals surface area (Å²) in [6, 6.07) is 14.0. The number of hydrogen-bond acceptors (Lipinski definition) is 5. The minimum Gasteiger partial charge on any atom is -0.497 e. The Morgan fingerprint density at radius 2 is 1.83 bits per heavy atom. The summed E-state index contributed by atoms with van der Waals surface area (Å²) in [6.45, 7) is 0.465. The number of rotatable bonds is 5. The molecule has 0 unspecified atom stereocenters. The molecule has 5 nitrogen and oxygen atoms in total. The van der Waals surface area contributed by atoms with Crippen molar-refractivity contribution in [1.82, 2.24) is 4.31 Å². The number of sulfonamides is 1. The Hall–Kier alpha value is -1.70. The average molecular weight is 365 g/mol. The topological polar surface area (TPSA) is 55.8 Å². The highest BCUT2D eigenvalue weighted by molar-refractivity contribution is 8.01. The number of nitrogens with zero attached hydrogens (tertiary/aromatic N) is 1. The zero-order chi connectivity index (χ0) is 17.2. The van der Waals surface area contributed by atoms with Crippen LogP contribution in [0.15, 0.2) is 53.4 Å². The standard InChI is InChI=1S/C17H19NO4S2/c1-21-13-8-9-16(22-2)15(12-13)17-18(10-11-23-17)24(19,20)14-6-4-3-5-7-14/h3-9,12,17H,10-11H2,1-2H3/t17-/m0/s1. The second-order valence-corrected chi connectivity index (χ2v) is 8.34. The van der Waals surface area contributed by atoms with Crippen LogP contribution in [-0.2, 0) is 10.0 Å². The van der Waals surface area contributed by atoms with E-state index in [-0.39, 0.29) is 5.37 Å². The molecule has 0 aliphatic carbocycles. The molecule has 0 bridgehead atoms. The van der Waals surface area contributed by atoms with Crippen molar-refractivity contribution < 1.29 is 17.9 Å². The molecule has 1 fully saturated rings. The first-order valence-corrected chi connectivity index (χ1v) is 9.97. The molecule has 24 heavy (non-hydrogen) atoms. The van der Waals surface area contributed by atoms with E-state index >= 15 is 0 Å². The van der Waals surface area contributed by atoms with Crippen molar-refractivity contribution >= 4 is 21.8 Å². The molecule has 0 radical (unpaired) electrons.